The standard InChI is InChI=1S/3C6H10O2.C4H9.Sn/c3*7-6(8)5-3-1-2-4-5;1-3-4-2;/h3*5H,1-4H2,(H,7,8);1,3-4H2,2H3;/q;;;;+3/p-3. The number of rotatable bonds is 9. The number of unbranched alkanes of at least 4 members (excludes halogenated alkanes) is 1. The summed E-state index contributed by atoms with van der Waals surface area (Å²) in [6.45, 7) is 2.03. The van der Waals surface area contributed by atoms with Crippen molar-refractivity contribution in [1.82, 2.24) is 0 Å². The molecule has 6 nitrogen and oxygen atoms in total. The van der Waals surface area contributed by atoms with Crippen LogP contribution in [-0.4, -0.2) is 37.5 Å². The van der Waals surface area contributed by atoms with Crippen molar-refractivity contribution in [2.75, 3.05) is 0 Å². The molecular weight excluding hydrogens is 479 g/mol. The van der Waals surface area contributed by atoms with Crippen molar-refractivity contribution in [3.63, 3.8) is 0 Å². The summed E-state index contributed by atoms with van der Waals surface area (Å²) >= 11 is -4.70. The summed E-state index contributed by atoms with van der Waals surface area (Å²) < 4.78 is 18.3. The molecule has 0 bridgehead atoms. The zero-order valence-electron chi connectivity index (χ0n) is 17.8. The number of carbonyl (C=O) groups is 3. The third-order valence-corrected chi connectivity index (χ3v) is 13.8. The van der Waals surface area contributed by atoms with Gasteiger partial charge in [0.1, 0.15) is 0 Å². The van der Waals surface area contributed by atoms with Crippen LogP contribution in [0, 0.1) is 17.8 Å². The first kappa shape index (κ1) is 22.9. The van der Waals surface area contributed by atoms with Crippen LogP contribution >= 0.6 is 0 Å². The first-order valence-corrected chi connectivity index (χ1v) is 17.2. The average Bonchev–Trinajstić information content (AvgIpc) is 3.48. The van der Waals surface area contributed by atoms with Gasteiger partial charge in [0.2, 0.25) is 0 Å². The Bertz CT molecular complexity index is 500. The van der Waals surface area contributed by atoms with Gasteiger partial charge < -0.3 is 0 Å². The fourth-order valence-electron chi connectivity index (χ4n) is 4.80. The Morgan fingerprint density at radius 1 is 0.655 bits per heavy atom. The summed E-state index contributed by atoms with van der Waals surface area (Å²) in [6.07, 6.45) is 12.5. The molecule has 0 amide bonds. The molecule has 0 aromatic heterocycles. The topological polar surface area (TPSA) is 78.9 Å². The Kier molecular flexibility index (Phi) is 8.68. The number of hydrogen-bond donors (Lipinski definition) is 0. The molecule has 0 atom stereocenters. The van der Waals surface area contributed by atoms with Crippen LogP contribution in [0.15, 0.2) is 0 Å². The zero-order valence-corrected chi connectivity index (χ0v) is 20.6. The summed E-state index contributed by atoms with van der Waals surface area (Å²) in [5, 5.41) is 0. The Balaban J connectivity index is 1.78. The van der Waals surface area contributed by atoms with Gasteiger partial charge in [-0.3, -0.25) is 0 Å². The van der Waals surface area contributed by atoms with Crippen molar-refractivity contribution in [2.45, 2.75) is 101 Å². The van der Waals surface area contributed by atoms with E-state index in [1.165, 1.54) is 0 Å². The summed E-state index contributed by atoms with van der Waals surface area (Å²) in [5.74, 6) is -1.39. The van der Waals surface area contributed by atoms with Gasteiger partial charge in [-0.15, -0.1) is 0 Å². The second-order valence-corrected chi connectivity index (χ2v) is 16.1. The van der Waals surface area contributed by atoms with E-state index in [2.05, 4.69) is 0 Å². The van der Waals surface area contributed by atoms with Gasteiger partial charge in [0.05, 0.1) is 0 Å². The molecule has 7 heteroatoms. The monoisotopic (exact) mass is 516 g/mol. The van der Waals surface area contributed by atoms with Crippen LogP contribution in [0.4, 0.5) is 0 Å². The van der Waals surface area contributed by atoms with Crippen molar-refractivity contribution < 1.29 is 23.6 Å². The van der Waals surface area contributed by atoms with E-state index in [-0.39, 0.29) is 35.7 Å². The number of hydrogen-bond acceptors (Lipinski definition) is 6. The van der Waals surface area contributed by atoms with Crippen LogP contribution in [-0.2, 0) is 23.6 Å². The molecule has 0 radical (unpaired) electrons. The normalized spacial score (nSPS) is 21.4. The minimum absolute atomic E-state index is 0.150. The van der Waals surface area contributed by atoms with Gasteiger partial charge in [0.25, 0.3) is 0 Å². The molecule has 0 unspecified atom stereocenters. The van der Waals surface area contributed by atoms with Gasteiger partial charge in [-0.05, 0) is 0 Å². The molecule has 3 aliphatic carbocycles. The Morgan fingerprint density at radius 3 is 1.24 bits per heavy atom. The maximum atomic E-state index is 12.9. The van der Waals surface area contributed by atoms with Crippen molar-refractivity contribution in [2.24, 2.45) is 17.8 Å². The van der Waals surface area contributed by atoms with Gasteiger partial charge in [0.15, 0.2) is 0 Å². The quantitative estimate of drug-likeness (QED) is 0.406. The van der Waals surface area contributed by atoms with E-state index in [9.17, 15) is 14.4 Å². The third-order valence-electron chi connectivity index (χ3n) is 6.67. The molecule has 0 N–H and O–H groups in total. The fourth-order valence-corrected chi connectivity index (χ4v) is 12.3. The van der Waals surface area contributed by atoms with E-state index >= 15 is 0 Å². The molecule has 29 heavy (non-hydrogen) atoms. The molecule has 164 valence electrons. The van der Waals surface area contributed by atoms with E-state index in [1.54, 1.807) is 0 Å². The van der Waals surface area contributed by atoms with Crippen LogP contribution in [0.3, 0.4) is 0 Å². The predicted octanol–water partition coefficient (Wildman–Crippen LogP) is 4.93. The van der Waals surface area contributed by atoms with Crippen molar-refractivity contribution in [1.29, 1.82) is 0 Å². The van der Waals surface area contributed by atoms with E-state index in [0.29, 0.717) is 4.44 Å². The molecule has 3 saturated carbocycles. The van der Waals surface area contributed by atoms with E-state index in [0.717, 1.165) is 89.9 Å². The first-order valence-electron chi connectivity index (χ1n) is 11.7. The van der Waals surface area contributed by atoms with Crippen molar-refractivity contribution in [3.05, 3.63) is 0 Å². The van der Waals surface area contributed by atoms with Crippen LogP contribution < -0.4 is 0 Å². The van der Waals surface area contributed by atoms with E-state index < -0.39 is 19.6 Å². The molecule has 0 aromatic carbocycles. The molecule has 3 rings (SSSR count). The molecule has 0 heterocycles. The molecule has 0 spiro atoms. The van der Waals surface area contributed by atoms with Gasteiger partial charge in [0, 0.05) is 0 Å². The summed E-state index contributed by atoms with van der Waals surface area (Å²) in [7, 11) is 0. The maximum absolute atomic E-state index is 12.9. The third kappa shape index (κ3) is 6.34. The zero-order chi connectivity index (χ0) is 20.7. The van der Waals surface area contributed by atoms with Gasteiger partial charge in [-0.1, -0.05) is 0 Å². The van der Waals surface area contributed by atoms with Crippen molar-refractivity contribution >= 4 is 37.5 Å². The number of carbonyl (C=O) groups excluding carboxylic acids is 3. The Morgan fingerprint density at radius 2 is 0.966 bits per heavy atom. The van der Waals surface area contributed by atoms with Crippen LogP contribution in [0.25, 0.3) is 0 Å². The van der Waals surface area contributed by atoms with E-state index in [1.807, 2.05) is 6.92 Å². The minimum atomic E-state index is -4.70. The fraction of sp³-hybridized carbons (Fsp3) is 0.864. The summed E-state index contributed by atoms with van der Waals surface area (Å²) in [4.78, 5) is 38.6. The second-order valence-electron chi connectivity index (χ2n) is 8.99. The molecule has 3 aliphatic rings. The van der Waals surface area contributed by atoms with Crippen LogP contribution in [0.1, 0.15) is 96.8 Å². The molecule has 0 aliphatic heterocycles. The SMILES string of the molecule is CCC[CH2][Sn]([O]C(=O)C1CCCC1)([O]C(=O)C1CCCC1)[O]C(=O)C1CCCC1. The second kappa shape index (κ2) is 11.0. The molecule has 0 saturated heterocycles. The predicted molar refractivity (Wildman–Crippen MR) is 110 cm³/mol. The van der Waals surface area contributed by atoms with E-state index in [4.69, 9.17) is 9.22 Å². The Labute approximate surface area is 179 Å². The van der Waals surface area contributed by atoms with Gasteiger partial charge in [-0.25, -0.2) is 0 Å². The summed E-state index contributed by atoms with van der Waals surface area (Å²) in [5.41, 5.74) is 0. The molecule has 0 aromatic rings. The van der Waals surface area contributed by atoms with Crippen molar-refractivity contribution in [3.8, 4) is 0 Å². The Hall–Kier alpha value is -0.791. The molecular formula is C22H36O6Sn. The van der Waals surface area contributed by atoms with Crippen LogP contribution in [0.2, 0.25) is 4.44 Å². The summed E-state index contributed by atoms with van der Waals surface area (Å²) in [6, 6.07) is 0. The molecule has 3 fully saturated rings. The first-order chi connectivity index (χ1) is 14.0. The van der Waals surface area contributed by atoms with Gasteiger partial charge in [-0.2, -0.15) is 0 Å². The average molecular weight is 515 g/mol. The van der Waals surface area contributed by atoms with Gasteiger partial charge >= 0.3 is 180 Å². The van der Waals surface area contributed by atoms with Crippen LogP contribution in [0.5, 0.6) is 0 Å².